The van der Waals surface area contributed by atoms with Crippen molar-refractivity contribution in [2.45, 2.75) is 50.6 Å². The van der Waals surface area contributed by atoms with Gasteiger partial charge in [-0.15, -0.1) is 0 Å². The second kappa shape index (κ2) is 6.71. The summed E-state index contributed by atoms with van der Waals surface area (Å²) in [5.41, 5.74) is 1.45. The first kappa shape index (κ1) is 14.1. The van der Waals surface area contributed by atoms with Gasteiger partial charge in [0.25, 0.3) is 0 Å². The number of benzene rings is 1. The van der Waals surface area contributed by atoms with Gasteiger partial charge in [-0.05, 0) is 44.1 Å². The molecule has 1 aliphatic rings. The number of hydrogen-bond donors (Lipinski definition) is 1. The first-order chi connectivity index (χ1) is 9.20. The summed E-state index contributed by atoms with van der Waals surface area (Å²) in [6.07, 6.45) is 4.63. The number of esters is 1. The van der Waals surface area contributed by atoms with Gasteiger partial charge in [0.05, 0.1) is 7.11 Å². The summed E-state index contributed by atoms with van der Waals surface area (Å²) in [5, 5.41) is 3.37. The van der Waals surface area contributed by atoms with Crippen LogP contribution in [-0.4, -0.2) is 25.2 Å². The van der Waals surface area contributed by atoms with E-state index in [0.29, 0.717) is 12.0 Å². The average Bonchev–Trinajstić information content (AvgIpc) is 2.48. The molecule has 1 atom stereocenters. The smallest absolute Gasteiger partial charge is 0.322 e. The van der Waals surface area contributed by atoms with Gasteiger partial charge in [-0.1, -0.05) is 30.3 Å². The molecule has 1 N–H and O–H groups in total. The Morgan fingerprint density at radius 2 is 1.84 bits per heavy atom. The maximum atomic E-state index is 11.4. The van der Waals surface area contributed by atoms with E-state index in [9.17, 15) is 4.79 Å². The van der Waals surface area contributed by atoms with Crippen molar-refractivity contribution in [1.82, 2.24) is 5.32 Å². The highest BCUT2D eigenvalue weighted by molar-refractivity contribution is 5.75. The zero-order chi connectivity index (χ0) is 13.7. The summed E-state index contributed by atoms with van der Waals surface area (Å²) in [5.74, 6) is 0.498. The van der Waals surface area contributed by atoms with Crippen LogP contribution in [0.3, 0.4) is 0 Å². The monoisotopic (exact) mass is 261 g/mol. The Labute approximate surface area is 115 Å². The van der Waals surface area contributed by atoms with E-state index in [2.05, 4.69) is 35.6 Å². The molecule has 104 valence electrons. The van der Waals surface area contributed by atoms with Crippen LogP contribution in [0.4, 0.5) is 0 Å². The number of carbonyl (C=O) groups is 1. The lowest BCUT2D eigenvalue weighted by atomic mass is 9.81. The molecule has 0 spiro atoms. The van der Waals surface area contributed by atoms with E-state index in [4.69, 9.17) is 4.74 Å². The quantitative estimate of drug-likeness (QED) is 0.847. The molecule has 1 saturated carbocycles. The first-order valence-corrected chi connectivity index (χ1v) is 7.09. The zero-order valence-electron chi connectivity index (χ0n) is 11.8. The van der Waals surface area contributed by atoms with Gasteiger partial charge in [0, 0.05) is 6.04 Å². The highest BCUT2D eigenvalue weighted by Crippen LogP contribution is 2.32. The predicted molar refractivity (Wildman–Crippen MR) is 76.1 cm³/mol. The van der Waals surface area contributed by atoms with Crippen molar-refractivity contribution in [3.63, 3.8) is 0 Å². The molecule has 3 heteroatoms. The highest BCUT2D eigenvalue weighted by Gasteiger charge is 2.24. The minimum Gasteiger partial charge on any atom is -0.468 e. The molecular formula is C16H23NO2. The van der Waals surface area contributed by atoms with E-state index in [1.54, 1.807) is 0 Å². The largest absolute Gasteiger partial charge is 0.468 e. The average molecular weight is 261 g/mol. The van der Waals surface area contributed by atoms with Gasteiger partial charge in [0.2, 0.25) is 0 Å². The standard InChI is InChI=1S/C16H23NO2/c1-12(16(18)19-2)17-15-10-8-14(9-11-15)13-6-4-3-5-7-13/h3-7,12,14-15,17H,8-11H2,1-2H3. The van der Waals surface area contributed by atoms with Gasteiger partial charge in [-0.3, -0.25) is 4.79 Å². The minimum absolute atomic E-state index is 0.176. The zero-order valence-corrected chi connectivity index (χ0v) is 11.8. The summed E-state index contributed by atoms with van der Waals surface area (Å²) in [6, 6.07) is 11.0. The first-order valence-electron chi connectivity index (χ1n) is 7.09. The third-order valence-electron chi connectivity index (χ3n) is 4.04. The van der Waals surface area contributed by atoms with Crippen LogP contribution in [0, 0.1) is 0 Å². The lowest BCUT2D eigenvalue weighted by Crippen LogP contribution is -2.43. The maximum absolute atomic E-state index is 11.4. The maximum Gasteiger partial charge on any atom is 0.322 e. The van der Waals surface area contributed by atoms with Crippen LogP contribution in [0.25, 0.3) is 0 Å². The van der Waals surface area contributed by atoms with Gasteiger partial charge < -0.3 is 10.1 Å². The fraction of sp³-hybridized carbons (Fsp3) is 0.562. The molecule has 2 rings (SSSR count). The molecule has 0 bridgehead atoms. The van der Waals surface area contributed by atoms with Crippen molar-refractivity contribution < 1.29 is 9.53 Å². The molecule has 19 heavy (non-hydrogen) atoms. The third-order valence-corrected chi connectivity index (χ3v) is 4.04. The highest BCUT2D eigenvalue weighted by atomic mass is 16.5. The molecule has 0 radical (unpaired) electrons. The number of ether oxygens (including phenoxy) is 1. The van der Waals surface area contributed by atoms with Crippen LogP contribution in [0.5, 0.6) is 0 Å². The Hall–Kier alpha value is -1.35. The van der Waals surface area contributed by atoms with E-state index < -0.39 is 0 Å². The van der Waals surface area contributed by atoms with Crippen LogP contribution in [0.1, 0.15) is 44.1 Å². The Morgan fingerprint density at radius 3 is 2.42 bits per heavy atom. The van der Waals surface area contributed by atoms with Gasteiger partial charge in [0.15, 0.2) is 0 Å². The van der Waals surface area contributed by atoms with Crippen LogP contribution in [-0.2, 0) is 9.53 Å². The molecule has 1 aliphatic carbocycles. The van der Waals surface area contributed by atoms with Crippen molar-refractivity contribution in [2.75, 3.05) is 7.11 Å². The van der Waals surface area contributed by atoms with Crippen LogP contribution in [0.2, 0.25) is 0 Å². The number of nitrogens with one attached hydrogen (secondary N) is 1. The van der Waals surface area contributed by atoms with E-state index in [1.165, 1.54) is 25.5 Å². The van der Waals surface area contributed by atoms with Crippen LogP contribution >= 0.6 is 0 Å². The Balaban J connectivity index is 1.81. The van der Waals surface area contributed by atoms with E-state index in [0.717, 1.165) is 12.8 Å². The van der Waals surface area contributed by atoms with Gasteiger partial charge in [0.1, 0.15) is 6.04 Å². The number of carbonyl (C=O) groups excluding carboxylic acids is 1. The number of methoxy groups -OCH3 is 1. The topological polar surface area (TPSA) is 38.3 Å². The second-order valence-electron chi connectivity index (χ2n) is 5.37. The molecule has 0 aromatic heterocycles. The predicted octanol–water partition coefficient (Wildman–Crippen LogP) is 2.86. The van der Waals surface area contributed by atoms with Crippen molar-refractivity contribution in [3.8, 4) is 0 Å². The van der Waals surface area contributed by atoms with E-state index >= 15 is 0 Å². The lowest BCUT2D eigenvalue weighted by molar-refractivity contribution is -0.142. The molecule has 0 saturated heterocycles. The molecule has 0 heterocycles. The van der Waals surface area contributed by atoms with Crippen molar-refractivity contribution in [1.29, 1.82) is 0 Å². The molecule has 1 aromatic rings. The van der Waals surface area contributed by atoms with Crippen LogP contribution < -0.4 is 5.32 Å². The summed E-state index contributed by atoms with van der Waals surface area (Å²) in [7, 11) is 1.44. The normalized spacial score (nSPS) is 24.7. The van der Waals surface area contributed by atoms with E-state index in [-0.39, 0.29) is 12.0 Å². The SMILES string of the molecule is COC(=O)C(C)NC1CCC(c2ccccc2)CC1. The van der Waals surface area contributed by atoms with Gasteiger partial charge >= 0.3 is 5.97 Å². The molecule has 3 nitrogen and oxygen atoms in total. The third kappa shape index (κ3) is 3.80. The summed E-state index contributed by atoms with van der Waals surface area (Å²) >= 11 is 0. The summed E-state index contributed by atoms with van der Waals surface area (Å²) in [4.78, 5) is 11.4. The fourth-order valence-electron chi connectivity index (χ4n) is 2.92. The van der Waals surface area contributed by atoms with Gasteiger partial charge in [-0.2, -0.15) is 0 Å². The van der Waals surface area contributed by atoms with Crippen molar-refractivity contribution in [2.24, 2.45) is 0 Å². The molecule has 1 aromatic carbocycles. The number of rotatable bonds is 4. The Morgan fingerprint density at radius 1 is 1.21 bits per heavy atom. The second-order valence-corrected chi connectivity index (χ2v) is 5.37. The summed E-state index contributed by atoms with van der Waals surface area (Å²) in [6.45, 7) is 1.87. The molecule has 0 amide bonds. The van der Waals surface area contributed by atoms with E-state index in [1.807, 2.05) is 6.92 Å². The van der Waals surface area contributed by atoms with Gasteiger partial charge in [-0.25, -0.2) is 0 Å². The molecular weight excluding hydrogens is 238 g/mol. The Kier molecular flexibility index (Phi) is 4.97. The lowest BCUT2D eigenvalue weighted by Gasteiger charge is -2.30. The van der Waals surface area contributed by atoms with Crippen molar-refractivity contribution >= 4 is 5.97 Å². The minimum atomic E-state index is -0.205. The fourth-order valence-corrected chi connectivity index (χ4v) is 2.92. The Bertz CT molecular complexity index is 396. The summed E-state index contributed by atoms with van der Waals surface area (Å²) < 4.78 is 4.74. The molecule has 1 unspecified atom stereocenters. The van der Waals surface area contributed by atoms with Crippen molar-refractivity contribution in [3.05, 3.63) is 35.9 Å². The number of hydrogen-bond acceptors (Lipinski definition) is 3. The molecule has 0 aliphatic heterocycles. The molecule has 1 fully saturated rings. The van der Waals surface area contributed by atoms with Crippen LogP contribution in [0.15, 0.2) is 30.3 Å².